The maximum Gasteiger partial charge on any atom is 0.277 e. The molecule has 2 aromatic rings. The van der Waals surface area contributed by atoms with Crippen LogP contribution in [-0.4, -0.2) is 66.3 Å². The molecular formula is C23H26ClN3O2S. The Morgan fingerprint density at radius 3 is 2.43 bits per heavy atom. The first-order chi connectivity index (χ1) is 14.5. The van der Waals surface area contributed by atoms with Gasteiger partial charge in [-0.25, -0.2) is 0 Å². The summed E-state index contributed by atoms with van der Waals surface area (Å²) >= 11 is 7.47. The van der Waals surface area contributed by atoms with Crippen LogP contribution in [0, 0.1) is 0 Å². The molecule has 0 saturated carbocycles. The summed E-state index contributed by atoms with van der Waals surface area (Å²) in [5.74, 6) is -0.370. The van der Waals surface area contributed by atoms with Gasteiger partial charge in [-0.05, 0) is 68.5 Å². The van der Waals surface area contributed by atoms with Gasteiger partial charge in [0.15, 0.2) is 0 Å². The number of likely N-dealkylation sites (tertiary alicyclic amines) is 1. The predicted molar refractivity (Wildman–Crippen MR) is 121 cm³/mol. The van der Waals surface area contributed by atoms with E-state index >= 15 is 0 Å². The highest BCUT2D eigenvalue weighted by Gasteiger charge is 2.42. The van der Waals surface area contributed by atoms with E-state index in [0.29, 0.717) is 29.3 Å². The first kappa shape index (κ1) is 21.1. The topological polar surface area (TPSA) is 43.9 Å². The Hall–Kier alpha value is -2.15. The van der Waals surface area contributed by atoms with Crippen molar-refractivity contribution in [2.75, 3.05) is 33.7 Å². The molecule has 2 aliphatic rings. The number of nitrogens with zero attached hydrogens (tertiary/aromatic N) is 3. The van der Waals surface area contributed by atoms with Gasteiger partial charge in [-0.15, -0.1) is 11.3 Å². The second kappa shape index (κ2) is 8.92. The number of piperidine rings is 1. The van der Waals surface area contributed by atoms with Crippen molar-refractivity contribution in [2.24, 2.45) is 0 Å². The molecule has 0 N–H and O–H groups in total. The lowest BCUT2D eigenvalue weighted by atomic mass is 10.0. The zero-order chi connectivity index (χ0) is 21.3. The van der Waals surface area contributed by atoms with Crippen molar-refractivity contribution in [1.29, 1.82) is 0 Å². The predicted octanol–water partition coefficient (Wildman–Crippen LogP) is 3.75. The molecule has 5 nitrogen and oxygen atoms in total. The zero-order valence-electron chi connectivity index (χ0n) is 17.3. The van der Waals surface area contributed by atoms with E-state index in [9.17, 15) is 9.59 Å². The first-order valence-electron chi connectivity index (χ1n) is 10.3. The molecule has 0 bridgehead atoms. The Kier molecular flexibility index (Phi) is 6.27. The molecule has 0 atom stereocenters. The number of thiophene rings is 1. The van der Waals surface area contributed by atoms with Crippen LogP contribution in [0.5, 0.6) is 0 Å². The molecule has 7 heteroatoms. The summed E-state index contributed by atoms with van der Waals surface area (Å²) in [5, 5.41) is 2.62. The maximum atomic E-state index is 13.4. The summed E-state index contributed by atoms with van der Waals surface area (Å²) < 4.78 is 0. The number of carbonyl (C=O) groups excluding carboxylic acids is 2. The van der Waals surface area contributed by atoms with Gasteiger partial charge in [-0.3, -0.25) is 14.5 Å². The van der Waals surface area contributed by atoms with Gasteiger partial charge in [0.1, 0.15) is 5.70 Å². The molecular weight excluding hydrogens is 418 g/mol. The molecule has 1 aromatic carbocycles. The van der Waals surface area contributed by atoms with Crippen molar-refractivity contribution >= 4 is 40.3 Å². The fourth-order valence-corrected chi connectivity index (χ4v) is 5.08. The number of benzene rings is 1. The van der Waals surface area contributed by atoms with Gasteiger partial charge in [0.25, 0.3) is 11.8 Å². The molecule has 4 rings (SSSR count). The number of hydrogen-bond acceptors (Lipinski definition) is 5. The van der Waals surface area contributed by atoms with E-state index in [1.54, 1.807) is 0 Å². The van der Waals surface area contributed by atoms with Crippen LogP contribution < -0.4 is 0 Å². The van der Waals surface area contributed by atoms with Gasteiger partial charge >= 0.3 is 0 Å². The van der Waals surface area contributed by atoms with Gasteiger partial charge in [-0.2, -0.15) is 0 Å². The quantitative estimate of drug-likeness (QED) is 0.638. The van der Waals surface area contributed by atoms with Gasteiger partial charge in [0.05, 0.1) is 5.57 Å². The summed E-state index contributed by atoms with van der Waals surface area (Å²) in [7, 11) is 4.09. The molecule has 3 heterocycles. The van der Waals surface area contributed by atoms with Gasteiger partial charge in [0.2, 0.25) is 0 Å². The molecule has 1 aromatic heterocycles. The zero-order valence-corrected chi connectivity index (χ0v) is 18.9. The normalized spacial score (nSPS) is 18.6. The third-order valence-electron chi connectivity index (χ3n) is 6.04. The average molecular weight is 444 g/mol. The minimum Gasteiger partial charge on any atom is -0.366 e. The molecule has 1 saturated heterocycles. The van der Waals surface area contributed by atoms with Gasteiger partial charge in [0, 0.05) is 29.5 Å². The third-order valence-corrected chi connectivity index (χ3v) is 7.18. The molecule has 0 aliphatic carbocycles. The molecule has 0 spiro atoms. The Morgan fingerprint density at radius 1 is 1.10 bits per heavy atom. The van der Waals surface area contributed by atoms with Crippen molar-refractivity contribution < 1.29 is 9.59 Å². The number of hydrogen-bond donors (Lipinski definition) is 0. The van der Waals surface area contributed by atoms with Crippen molar-refractivity contribution in [1.82, 2.24) is 14.7 Å². The molecule has 0 radical (unpaired) electrons. The van der Waals surface area contributed by atoms with E-state index in [4.69, 9.17) is 11.6 Å². The first-order valence-corrected chi connectivity index (χ1v) is 11.5. The summed E-state index contributed by atoms with van der Waals surface area (Å²) in [6.07, 6.45) is 2.58. The fraction of sp³-hybridized carbons (Fsp3) is 0.391. The average Bonchev–Trinajstić information content (AvgIpc) is 3.34. The van der Waals surface area contributed by atoms with Crippen LogP contribution in [0.25, 0.3) is 5.57 Å². The molecule has 30 heavy (non-hydrogen) atoms. The van der Waals surface area contributed by atoms with E-state index in [0.717, 1.165) is 36.4 Å². The lowest BCUT2D eigenvalue weighted by Gasteiger charge is -2.36. The standard InChI is InChI=1S/C23H26ClN3O2S/c1-25-12-10-18(11-13-25)26(2)21-20(19-4-3-15-30-19)22(28)27(23(21)29)14-9-16-5-7-17(24)8-6-16/h3-8,15,18H,9-14H2,1-2H3. The molecule has 2 aliphatic heterocycles. The third kappa shape index (κ3) is 4.17. The summed E-state index contributed by atoms with van der Waals surface area (Å²) in [5.41, 5.74) is 2.15. The van der Waals surface area contributed by atoms with Crippen molar-refractivity contribution in [2.45, 2.75) is 25.3 Å². The summed E-state index contributed by atoms with van der Waals surface area (Å²) in [6, 6.07) is 11.7. The lowest BCUT2D eigenvalue weighted by molar-refractivity contribution is -0.137. The lowest BCUT2D eigenvalue weighted by Crippen LogP contribution is -2.43. The largest absolute Gasteiger partial charge is 0.366 e. The Bertz CT molecular complexity index is 947. The second-order valence-electron chi connectivity index (χ2n) is 7.98. The van der Waals surface area contributed by atoms with Crippen molar-refractivity contribution in [3.63, 3.8) is 0 Å². The molecule has 2 amide bonds. The number of halogens is 1. The van der Waals surface area contributed by atoms with Crippen LogP contribution in [-0.2, 0) is 16.0 Å². The minimum absolute atomic E-state index is 0.182. The van der Waals surface area contributed by atoms with Crippen LogP contribution in [0.2, 0.25) is 5.02 Å². The summed E-state index contributed by atoms with van der Waals surface area (Å²) in [6.45, 7) is 2.36. The number of carbonyl (C=O) groups is 2. The van der Waals surface area contributed by atoms with Crippen LogP contribution >= 0.6 is 22.9 Å². The highest BCUT2D eigenvalue weighted by atomic mass is 35.5. The highest BCUT2D eigenvalue weighted by molar-refractivity contribution is 7.11. The van der Waals surface area contributed by atoms with Gasteiger partial charge in [-0.1, -0.05) is 29.8 Å². The van der Waals surface area contributed by atoms with E-state index in [1.807, 2.05) is 48.8 Å². The Labute approximate surface area is 186 Å². The smallest absolute Gasteiger partial charge is 0.277 e. The monoisotopic (exact) mass is 443 g/mol. The molecule has 0 unspecified atom stereocenters. The molecule has 1 fully saturated rings. The van der Waals surface area contributed by atoms with E-state index in [1.165, 1.54) is 16.2 Å². The van der Waals surface area contributed by atoms with Crippen LogP contribution in [0.4, 0.5) is 0 Å². The number of rotatable bonds is 6. The fourth-order valence-electron chi connectivity index (χ4n) is 4.19. The molecule has 158 valence electrons. The number of likely N-dealkylation sites (N-methyl/N-ethyl adjacent to an activating group) is 1. The Balaban J connectivity index is 1.59. The highest BCUT2D eigenvalue weighted by Crippen LogP contribution is 2.35. The summed E-state index contributed by atoms with van der Waals surface area (Å²) in [4.78, 5) is 33.4. The van der Waals surface area contributed by atoms with Crippen LogP contribution in [0.1, 0.15) is 23.3 Å². The maximum absolute atomic E-state index is 13.4. The minimum atomic E-state index is -0.189. The second-order valence-corrected chi connectivity index (χ2v) is 9.37. The van der Waals surface area contributed by atoms with E-state index < -0.39 is 0 Å². The van der Waals surface area contributed by atoms with E-state index in [2.05, 4.69) is 16.8 Å². The number of imide groups is 1. The Morgan fingerprint density at radius 2 is 1.80 bits per heavy atom. The van der Waals surface area contributed by atoms with Crippen molar-refractivity contribution in [3.8, 4) is 0 Å². The van der Waals surface area contributed by atoms with E-state index in [-0.39, 0.29) is 17.9 Å². The van der Waals surface area contributed by atoms with Crippen LogP contribution in [0.15, 0.2) is 47.5 Å². The number of amides is 2. The van der Waals surface area contributed by atoms with Gasteiger partial charge < -0.3 is 9.80 Å². The van der Waals surface area contributed by atoms with Crippen molar-refractivity contribution in [3.05, 3.63) is 62.9 Å². The SMILES string of the molecule is CN1CCC(N(C)C2=C(c3cccs3)C(=O)N(CCc3ccc(Cl)cc3)C2=O)CC1. The van der Waals surface area contributed by atoms with Crippen LogP contribution in [0.3, 0.4) is 0 Å².